The van der Waals surface area contributed by atoms with Crippen LogP contribution < -0.4 is 4.90 Å². The van der Waals surface area contributed by atoms with Crippen molar-refractivity contribution < 1.29 is 9.53 Å². The maximum atomic E-state index is 11.5. The van der Waals surface area contributed by atoms with E-state index in [2.05, 4.69) is 14.9 Å². The summed E-state index contributed by atoms with van der Waals surface area (Å²) in [5.74, 6) is 0.876. The molecule has 1 aliphatic heterocycles. The van der Waals surface area contributed by atoms with Crippen molar-refractivity contribution in [3.05, 3.63) is 29.5 Å². The van der Waals surface area contributed by atoms with Crippen LogP contribution >= 0.6 is 11.6 Å². The number of hydrogen-bond acceptors (Lipinski definition) is 5. The predicted octanol–water partition coefficient (Wildman–Crippen LogP) is 2.17. The lowest BCUT2D eigenvalue weighted by Gasteiger charge is -2.34. The lowest BCUT2D eigenvalue weighted by Crippen LogP contribution is -2.49. The smallest absolute Gasteiger partial charge is 0.409 e. The molecule has 0 spiro atoms. The molecule has 21 heavy (non-hydrogen) atoms. The van der Waals surface area contributed by atoms with Crippen molar-refractivity contribution in [1.82, 2.24) is 14.9 Å². The van der Waals surface area contributed by atoms with E-state index in [1.807, 2.05) is 18.2 Å². The Morgan fingerprint density at radius 2 is 2.00 bits per heavy atom. The molecule has 1 fully saturated rings. The molecule has 0 N–H and O–H groups in total. The quantitative estimate of drug-likeness (QED) is 0.808. The van der Waals surface area contributed by atoms with Crippen LogP contribution in [0.2, 0.25) is 5.02 Å². The van der Waals surface area contributed by atoms with Gasteiger partial charge in [0, 0.05) is 36.6 Å². The highest BCUT2D eigenvalue weighted by Gasteiger charge is 2.23. The molecule has 0 bridgehead atoms. The number of fused-ring (bicyclic) bond motifs is 1. The van der Waals surface area contributed by atoms with Crippen LogP contribution in [0.15, 0.2) is 24.5 Å². The number of methoxy groups -OCH3 is 1. The summed E-state index contributed by atoms with van der Waals surface area (Å²) < 4.78 is 4.74. The second-order valence-electron chi connectivity index (χ2n) is 4.80. The number of benzene rings is 1. The molecule has 3 rings (SSSR count). The largest absolute Gasteiger partial charge is 0.453 e. The summed E-state index contributed by atoms with van der Waals surface area (Å²) >= 11 is 5.99. The van der Waals surface area contributed by atoms with E-state index in [0.717, 1.165) is 16.7 Å². The van der Waals surface area contributed by atoms with Crippen LogP contribution in [0, 0.1) is 0 Å². The molecule has 6 nitrogen and oxygen atoms in total. The van der Waals surface area contributed by atoms with Gasteiger partial charge in [-0.2, -0.15) is 0 Å². The number of hydrogen-bond donors (Lipinski definition) is 0. The second-order valence-corrected chi connectivity index (χ2v) is 5.24. The zero-order valence-corrected chi connectivity index (χ0v) is 12.4. The first-order valence-corrected chi connectivity index (χ1v) is 7.05. The normalized spacial score (nSPS) is 15.3. The average Bonchev–Trinajstić information content (AvgIpc) is 2.53. The number of nitrogens with zero attached hydrogens (tertiary/aromatic N) is 4. The van der Waals surface area contributed by atoms with Gasteiger partial charge in [-0.3, -0.25) is 0 Å². The number of amides is 1. The molecule has 1 aromatic heterocycles. The van der Waals surface area contributed by atoms with E-state index in [4.69, 9.17) is 16.3 Å². The highest BCUT2D eigenvalue weighted by molar-refractivity contribution is 6.31. The Hall–Kier alpha value is -2.08. The van der Waals surface area contributed by atoms with E-state index in [-0.39, 0.29) is 6.09 Å². The lowest BCUT2D eigenvalue weighted by molar-refractivity contribution is 0.121. The summed E-state index contributed by atoms with van der Waals surface area (Å²) in [5, 5.41) is 1.62. The minimum atomic E-state index is -0.283. The van der Waals surface area contributed by atoms with Crippen molar-refractivity contribution >= 4 is 34.4 Å². The maximum Gasteiger partial charge on any atom is 0.409 e. The molecule has 110 valence electrons. The molecular formula is C14H15ClN4O2. The van der Waals surface area contributed by atoms with Crippen LogP contribution in [0.1, 0.15) is 0 Å². The van der Waals surface area contributed by atoms with E-state index in [0.29, 0.717) is 31.2 Å². The van der Waals surface area contributed by atoms with E-state index in [1.54, 1.807) is 11.2 Å². The third-order valence-electron chi connectivity index (χ3n) is 3.59. The monoisotopic (exact) mass is 306 g/mol. The van der Waals surface area contributed by atoms with E-state index in [9.17, 15) is 4.79 Å². The maximum absolute atomic E-state index is 11.5. The van der Waals surface area contributed by atoms with Gasteiger partial charge in [0.2, 0.25) is 0 Å². The summed E-state index contributed by atoms with van der Waals surface area (Å²) in [5.41, 5.74) is 0.822. The van der Waals surface area contributed by atoms with Crippen LogP contribution in [0.4, 0.5) is 10.6 Å². The Morgan fingerprint density at radius 1 is 1.24 bits per heavy atom. The first-order valence-electron chi connectivity index (χ1n) is 6.67. The van der Waals surface area contributed by atoms with E-state index >= 15 is 0 Å². The number of piperazine rings is 1. The Bertz CT molecular complexity index is 671. The van der Waals surface area contributed by atoms with Crippen molar-refractivity contribution in [2.75, 3.05) is 38.2 Å². The molecule has 2 aromatic rings. The number of ether oxygens (including phenoxy) is 1. The molecule has 0 unspecified atom stereocenters. The van der Waals surface area contributed by atoms with Crippen molar-refractivity contribution in [3.8, 4) is 0 Å². The SMILES string of the molecule is COC(=O)N1CCN(c2ncnc3cc(Cl)ccc23)CC1. The van der Waals surface area contributed by atoms with Crippen molar-refractivity contribution in [3.63, 3.8) is 0 Å². The molecule has 0 saturated carbocycles. The Kier molecular flexibility index (Phi) is 3.79. The van der Waals surface area contributed by atoms with Gasteiger partial charge in [0.1, 0.15) is 12.1 Å². The van der Waals surface area contributed by atoms with Crippen LogP contribution in [0.25, 0.3) is 10.9 Å². The van der Waals surface area contributed by atoms with Gasteiger partial charge in [0.25, 0.3) is 0 Å². The fraction of sp³-hybridized carbons (Fsp3) is 0.357. The predicted molar refractivity (Wildman–Crippen MR) is 80.7 cm³/mol. The average molecular weight is 307 g/mol. The summed E-state index contributed by atoms with van der Waals surface area (Å²) in [4.78, 5) is 24.0. The lowest BCUT2D eigenvalue weighted by atomic mass is 10.2. The second kappa shape index (κ2) is 5.73. The van der Waals surface area contributed by atoms with E-state index < -0.39 is 0 Å². The number of carbonyl (C=O) groups is 1. The minimum Gasteiger partial charge on any atom is -0.453 e. The minimum absolute atomic E-state index is 0.283. The summed E-state index contributed by atoms with van der Waals surface area (Å²) in [7, 11) is 1.40. The van der Waals surface area contributed by atoms with Crippen molar-refractivity contribution in [2.45, 2.75) is 0 Å². The zero-order chi connectivity index (χ0) is 14.8. The van der Waals surface area contributed by atoms with E-state index in [1.165, 1.54) is 7.11 Å². The van der Waals surface area contributed by atoms with Gasteiger partial charge >= 0.3 is 6.09 Å². The molecule has 2 heterocycles. The van der Waals surface area contributed by atoms with Gasteiger partial charge in [-0.15, -0.1) is 0 Å². The highest BCUT2D eigenvalue weighted by atomic mass is 35.5. The number of aromatic nitrogens is 2. The van der Waals surface area contributed by atoms with Gasteiger partial charge in [-0.1, -0.05) is 11.6 Å². The number of rotatable bonds is 1. The fourth-order valence-corrected chi connectivity index (χ4v) is 2.66. The van der Waals surface area contributed by atoms with Crippen LogP contribution in [0.5, 0.6) is 0 Å². The summed E-state index contributed by atoms with van der Waals surface area (Å²) in [6.07, 6.45) is 1.26. The molecule has 1 saturated heterocycles. The van der Waals surface area contributed by atoms with Gasteiger partial charge in [-0.05, 0) is 18.2 Å². The van der Waals surface area contributed by atoms with Crippen molar-refractivity contribution in [1.29, 1.82) is 0 Å². The van der Waals surface area contributed by atoms with Gasteiger partial charge < -0.3 is 14.5 Å². The fourth-order valence-electron chi connectivity index (χ4n) is 2.50. The molecule has 7 heteroatoms. The Labute approximate surface area is 127 Å². The van der Waals surface area contributed by atoms with Crippen molar-refractivity contribution in [2.24, 2.45) is 0 Å². The topological polar surface area (TPSA) is 58.6 Å². The van der Waals surface area contributed by atoms with Gasteiger partial charge in [0.15, 0.2) is 0 Å². The number of carbonyl (C=O) groups excluding carboxylic acids is 1. The van der Waals surface area contributed by atoms with Crippen LogP contribution in [-0.4, -0.2) is 54.2 Å². The number of halogens is 1. The first-order chi connectivity index (χ1) is 10.2. The molecule has 1 aliphatic rings. The third kappa shape index (κ3) is 2.71. The Balaban J connectivity index is 1.84. The molecule has 0 aliphatic carbocycles. The number of anilines is 1. The van der Waals surface area contributed by atoms with Crippen LogP contribution in [-0.2, 0) is 4.74 Å². The molecule has 1 amide bonds. The molecule has 0 radical (unpaired) electrons. The summed E-state index contributed by atoms with van der Waals surface area (Å²) in [6, 6.07) is 5.59. The Morgan fingerprint density at radius 3 is 2.71 bits per heavy atom. The van der Waals surface area contributed by atoms with Gasteiger partial charge in [-0.25, -0.2) is 14.8 Å². The zero-order valence-electron chi connectivity index (χ0n) is 11.6. The molecular weight excluding hydrogens is 292 g/mol. The molecule has 0 atom stereocenters. The van der Waals surface area contributed by atoms with Crippen LogP contribution in [0.3, 0.4) is 0 Å². The summed E-state index contributed by atoms with van der Waals surface area (Å²) in [6.45, 7) is 2.66. The van der Waals surface area contributed by atoms with Gasteiger partial charge in [0.05, 0.1) is 12.6 Å². The first kappa shape index (κ1) is 13.9. The standard InChI is InChI=1S/C14H15ClN4O2/c1-21-14(20)19-6-4-18(5-7-19)13-11-3-2-10(15)8-12(11)16-9-17-13/h2-3,8-9H,4-7H2,1H3. The third-order valence-corrected chi connectivity index (χ3v) is 3.82. The highest BCUT2D eigenvalue weighted by Crippen LogP contribution is 2.26. The molecule has 1 aromatic carbocycles.